The van der Waals surface area contributed by atoms with Crippen LogP contribution in [0.25, 0.3) is 0 Å². The van der Waals surface area contributed by atoms with E-state index in [-0.39, 0.29) is 0 Å². The van der Waals surface area contributed by atoms with Crippen molar-refractivity contribution in [3.8, 4) is 0 Å². The summed E-state index contributed by atoms with van der Waals surface area (Å²) in [4.78, 5) is 11.4. The van der Waals surface area contributed by atoms with Gasteiger partial charge in [0, 0.05) is 13.1 Å². The molecule has 118 valence electrons. The van der Waals surface area contributed by atoms with Crippen LogP contribution in [0.2, 0.25) is 0 Å². The number of anilines is 2. The van der Waals surface area contributed by atoms with Gasteiger partial charge in [-0.3, -0.25) is 0 Å². The standard InChI is InChI=1S/C15H25N3O3/c1-15(2,3)21-14(19)18-9-11-20-10-8-17-13-7-5-4-6-12(13)16/h4-7,17H,8-11,16H2,1-3H3,(H,18,19). The highest BCUT2D eigenvalue weighted by atomic mass is 16.6. The maximum atomic E-state index is 11.4. The molecule has 6 nitrogen and oxygen atoms in total. The molecular formula is C15H25N3O3. The van der Waals surface area contributed by atoms with Crippen LogP contribution in [0.1, 0.15) is 20.8 Å². The van der Waals surface area contributed by atoms with Crippen molar-refractivity contribution in [1.29, 1.82) is 0 Å². The average Bonchev–Trinajstić information content (AvgIpc) is 2.37. The fourth-order valence-electron chi connectivity index (χ4n) is 1.56. The smallest absolute Gasteiger partial charge is 0.407 e. The van der Waals surface area contributed by atoms with Crippen molar-refractivity contribution in [3.63, 3.8) is 0 Å². The number of hydrogen-bond donors (Lipinski definition) is 3. The highest BCUT2D eigenvalue weighted by molar-refractivity contribution is 5.67. The summed E-state index contributed by atoms with van der Waals surface area (Å²) < 4.78 is 10.5. The molecule has 0 heterocycles. The van der Waals surface area contributed by atoms with E-state index in [1.54, 1.807) is 0 Å². The largest absolute Gasteiger partial charge is 0.444 e. The first kappa shape index (κ1) is 17.1. The topological polar surface area (TPSA) is 85.6 Å². The van der Waals surface area contributed by atoms with Crippen LogP contribution in [-0.2, 0) is 9.47 Å². The minimum absolute atomic E-state index is 0.419. The van der Waals surface area contributed by atoms with Crippen molar-refractivity contribution in [3.05, 3.63) is 24.3 Å². The van der Waals surface area contributed by atoms with Crippen molar-refractivity contribution in [2.75, 3.05) is 37.4 Å². The molecule has 0 aliphatic carbocycles. The summed E-state index contributed by atoms with van der Waals surface area (Å²) in [5.74, 6) is 0. The third kappa shape index (κ3) is 8.04. The van der Waals surface area contributed by atoms with Crippen LogP contribution in [0.5, 0.6) is 0 Å². The van der Waals surface area contributed by atoms with Crippen molar-refractivity contribution < 1.29 is 14.3 Å². The van der Waals surface area contributed by atoms with E-state index in [2.05, 4.69) is 10.6 Å². The first-order chi connectivity index (χ1) is 9.88. The molecule has 1 amide bonds. The van der Waals surface area contributed by atoms with E-state index in [4.69, 9.17) is 15.2 Å². The van der Waals surface area contributed by atoms with E-state index < -0.39 is 11.7 Å². The molecule has 21 heavy (non-hydrogen) atoms. The van der Waals surface area contributed by atoms with Crippen molar-refractivity contribution in [2.24, 2.45) is 0 Å². The number of nitrogens with two attached hydrogens (primary N) is 1. The Morgan fingerprint density at radius 2 is 1.86 bits per heavy atom. The Balaban J connectivity index is 2.03. The molecule has 6 heteroatoms. The maximum Gasteiger partial charge on any atom is 0.407 e. The Morgan fingerprint density at radius 1 is 1.19 bits per heavy atom. The lowest BCUT2D eigenvalue weighted by molar-refractivity contribution is 0.0502. The quantitative estimate of drug-likeness (QED) is 0.530. The fourth-order valence-corrected chi connectivity index (χ4v) is 1.56. The zero-order chi connectivity index (χ0) is 15.7. The number of carbonyl (C=O) groups excluding carboxylic acids is 1. The number of nitrogen functional groups attached to an aromatic ring is 1. The van der Waals surface area contributed by atoms with Gasteiger partial charge in [0.25, 0.3) is 0 Å². The zero-order valence-electron chi connectivity index (χ0n) is 12.9. The summed E-state index contributed by atoms with van der Waals surface area (Å²) >= 11 is 0. The molecule has 0 unspecified atom stereocenters. The van der Waals surface area contributed by atoms with E-state index in [9.17, 15) is 4.79 Å². The maximum absolute atomic E-state index is 11.4. The monoisotopic (exact) mass is 295 g/mol. The zero-order valence-corrected chi connectivity index (χ0v) is 12.9. The van der Waals surface area contributed by atoms with E-state index in [1.807, 2.05) is 45.0 Å². The third-order valence-corrected chi connectivity index (χ3v) is 2.44. The lowest BCUT2D eigenvalue weighted by Gasteiger charge is -2.19. The van der Waals surface area contributed by atoms with E-state index >= 15 is 0 Å². The Labute approximate surface area is 126 Å². The predicted octanol–water partition coefficient (Wildman–Crippen LogP) is 2.22. The van der Waals surface area contributed by atoms with Crippen LogP contribution >= 0.6 is 0 Å². The van der Waals surface area contributed by atoms with Gasteiger partial charge < -0.3 is 25.8 Å². The highest BCUT2D eigenvalue weighted by Gasteiger charge is 2.15. The van der Waals surface area contributed by atoms with Gasteiger partial charge in [0.2, 0.25) is 0 Å². The summed E-state index contributed by atoms with van der Waals surface area (Å²) in [5, 5.41) is 5.81. The van der Waals surface area contributed by atoms with E-state index in [0.717, 1.165) is 5.69 Å². The Morgan fingerprint density at radius 3 is 2.52 bits per heavy atom. The average molecular weight is 295 g/mol. The van der Waals surface area contributed by atoms with Crippen LogP contribution in [0.3, 0.4) is 0 Å². The van der Waals surface area contributed by atoms with Crippen LogP contribution in [0.15, 0.2) is 24.3 Å². The molecule has 0 aromatic heterocycles. The van der Waals surface area contributed by atoms with Gasteiger partial charge in [-0.2, -0.15) is 0 Å². The lowest BCUT2D eigenvalue weighted by atomic mass is 10.2. The van der Waals surface area contributed by atoms with Crippen molar-refractivity contribution in [2.45, 2.75) is 26.4 Å². The Bertz CT molecular complexity index is 444. The van der Waals surface area contributed by atoms with E-state index in [1.165, 1.54) is 0 Å². The molecule has 4 N–H and O–H groups in total. The predicted molar refractivity (Wildman–Crippen MR) is 84.4 cm³/mol. The first-order valence-electron chi connectivity index (χ1n) is 7.01. The van der Waals surface area contributed by atoms with Gasteiger partial charge in [-0.15, -0.1) is 0 Å². The first-order valence-corrected chi connectivity index (χ1v) is 7.01. The molecule has 0 spiro atoms. The molecular weight excluding hydrogens is 270 g/mol. The van der Waals surface area contributed by atoms with Crippen LogP contribution < -0.4 is 16.4 Å². The molecule has 0 atom stereocenters. The molecule has 0 saturated heterocycles. The van der Waals surface area contributed by atoms with Gasteiger partial charge in [-0.25, -0.2) is 4.79 Å². The molecule has 0 fully saturated rings. The molecule has 0 aliphatic heterocycles. The molecule has 1 rings (SSSR count). The second-order valence-corrected chi connectivity index (χ2v) is 5.56. The van der Waals surface area contributed by atoms with E-state index in [0.29, 0.717) is 32.0 Å². The molecule has 1 aromatic rings. The van der Waals surface area contributed by atoms with Gasteiger partial charge in [-0.1, -0.05) is 12.1 Å². The summed E-state index contributed by atoms with van der Waals surface area (Å²) in [6, 6.07) is 7.57. The summed E-state index contributed by atoms with van der Waals surface area (Å²) in [6.45, 7) is 7.51. The van der Waals surface area contributed by atoms with Gasteiger partial charge in [0.05, 0.1) is 24.6 Å². The number of nitrogens with one attached hydrogen (secondary N) is 2. The number of alkyl carbamates (subject to hydrolysis) is 1. The minimum Gasteiger partial charge on any atom is -0.444 e. The fraction of sp³-hybridized carbons (Fsp3) is 0.533. The highest BCUT2D eigenvalue weighted by Crippen LogP contribution is 2.15. The minimum atomic E-state index is -0.482. The van der Waals surface area contributed by atoms with Gasteiger partial charge in [0.15, 0.2) is 0 Å². The van der Waals surface area contributed by atoms with Crippen molar-refractivity contribution >= 4 is 17.5 Å². The summed E-state index contributed by atoms with van der Waals surface area (Å²) in [7, 11) is 0. The lowest BCUT2D eigenvalue weighted by Crippen LogP contribution is -2.34. The van der Waals surface area contributed by atoms with Crippen molar-refractivity contribution in [1.82, 2.24) is 5.32 Å². The van der Waals surface area contributed by atoms with Gasteiger partial charge >= 0.3 is 6.09 Å². The summed E-state index contributed by atoms with van der Waals surface area (Å²) in [5.41, 5.74) is 6.93. The SMILES string of the molecule is CC(C)(C)OC(=O)NCCOCCNc1ccccc1N. The second-order valence-electron chi connectivity index (χ2n) is 5.56. The number of para-hydroxylation sites is 2. The Hall–Kier alpha value is -1.95. The van der Waals surface area contributed by atoms with Crippen LogP contribution in [-0.4, -0.2) is 38.0 Å². The number of ether oxygens (including phenoxy) is 2. The molecule has 0 aliphatic rings. The second kappa shape index (κ2) is 8.36. The molecule has 0 bridgehead atoms. The molecule has 0 saturated carbocycles. The molecule has 1 aromatic carbocycles. The number of hydrogen-bond acceptors (Lipinski definition) is 5. The van der Waals surface area contributed by atoms with Crippen LogP contribution in [0, 0.1) is 0 Å². The Kier molecular flexibility index (Phi) is 6.81. The van der Waals surface area contributed by atoms with Gasteiger partial charge in [-0.05, 0) is 32.9 Å². The summed E-state index contributed by atoms with van der Waals surface area (Å²) in [6.07, 6.45) is -0.429. The third-order valence-electron chi connectivity index (χ3n) is 2.44. The van der Waals surface area contributed by atoms with Crippen LogP contribution in [0.4, 0.5) is 16.2 Å². The number of carbonyl (C=O) groups is 1. The number of benzene rings is 1. The number of rotatable bonds is 7. The number of amides is 1. The normalized spacial score (nSPS) is 11.0. The molecule has 0 radical (unpaired) electrons. The van der Waals surface area contributed by atoms with Gasteiger partial charge in [0.1, 0.15) is 5.60 Å².